The molecule has 2 heterocycles. The fourth-order valence-electron chi connectivity index (χ4n) is 1.81. The van der Waals surface area contributed by atoms with E-state index in [9.17, 15) is 9.59 Å². The maximum Gasteiger partial charge on any atom is 0.229 e. The Morgan fingerprint density at radius 1 is 1.72 bits per heavy atom. The van der Waals surface area contributed by atoms with Gasteiger partial charge in [-0.1, -0.05) is 11.8 Å². The fourth-order valence-corrected chi connectivity index (χ4v) is 2.94. The molecule has 96 valence electrons. The number of nitrogen functional groups attached to an aromatic ring is 1. The molecule has 0 aliphatic carbocycles. The molecule has 0 bridgehead atoms. The molecule has 8 heteroatoms. The minimum Gasteiger partial charge on any atom is -0.385 e. The molecule has 1 saturated heterocycles. The molecule has 1 aliphatic rings. The zero-order valence-corrected chi connectivity index (χ0v) is 11.3. The molecule has 0 spiro atoms. The minimum absolute atomic E-state index is 0.00692. The smallest absolute Gasteiger partial charge is 0.229 e. The quantitative estimate of drug-likeness (QED) is 0.790. The van der Waals surface area contributed by atoms with Crippen LogP contribution in [0.2, 0.25) is 0 Å². The number of nitrogens with one attached hydrogen (secondary N) is 1. The molecule has 1 amide bonds. The molecule has 18 heavy (non-hydrogen) atoms. The SMILES string of the molecule is CC(=O)SC1CC(=O)N(c2cc(N)[nH]c(=S)n2)C1. The maximum atomic E-state index is 11.9. The number of amides is 1. The number of anilines is 2. The first-order valence-corrected chi connectivity index (χ1v) is 6.59. The van der Waals surface area contributed by atoms with E-state index in [0.717, 1.165) is 0 Å². The van der Waals surface area contributed by atoms with Gasteiger partial charge in [-0.25, -0.2) is 4.98 Å². The van der Waals surface area contributed by atoms with Crippen LogP contribution in [0.1, 0.15) is 13.3 Å². The van der Waals surface area contributed by atoms with E-state index in [1.807, 2.05) is 0 Å². The number of nitrogens with two attached hydrogens (primary N) is 1. The molecule has 1 fully saturated rings. The van der Waals surface area contributed by atoms with Crippen molar-refractivity contribution in [3.05, 3.63) is 10.8 Å². The molecule has 1 unspecified atom stereocenters. The Morgan fingerprint density at radius 3 is 3.06 bits per heavy atom. The maximum absolute atomic E-state index is 11.9. The van der Waals surface area contributed by atoms with E-state index in [4.69, 9.17) is 18.0 Å². The third-order valence-electron chi connectivity index (χ3n) is 2.45. The standard InChI is InChI=1S/C10H12N4O2S2/c1-5(15)18-6-2-9(16)14(4-6)8-3-7(11)12-10(17)13-8/h3,6H,2,4H2,1H3,(H3,11,12,13,17). The van der Waals surface area contributed by atoms with Crippen LogP contribution in [0.15, 0.2) is 6.07 Å². The zero-order valence-electron chi connectivity index (χ0n) is 9.67. The van der Waals surface area contributed by atoms with Crippen LogP contribution in [0.4, 0.5) is 11.6 Å². The van der Waals surface area contributed by atoms with E-state index in [-0.39, 0.29) is 21.0 Å². The Labute approximate surface area is 113 Å². The van der Waals surface area contributed by atoms with Crippen LogP contribution in [0, 0.1) is 4.77 Å². The van der Waals surface area contributed by atoms with Gasteiger partial charge >= 0.3 is 0 Å². The van der Waals surface area contributed by atoms with Crippen molar-refractivity contribution in [2.45, 2.75) is 18.6 Å². The summed E-state index contributed by atoms with van der Waals surface area (Å²) in [5, 5.41) is -0.0248. The molecule has 0 aromatic carbocycles. The molecular weight excluding hydrogens is 272 g/mol. The second-order valence-corrected chi connectivity index (χ2v) is 5.80. The van der Waals surface area contributed by atoms with E-state index >= 15 is 0 Å². The fraction of sp³-hybridized carbons (Fsp3) is 0.400. The molecule has 2 rings (SSSR count). The second kappa shape index (κ2) is 5.07. The number of aromatic amines is 1. The Balaban J connectivity index is 2.21. The molecule has 1 atom stereocenters. The topological polar surface area (TPSA) is 92.1 Å². The highest BCUT2D eigenvalue weighted by molar-refractivity contribution is 8.14. The summed E-state index contributed by atoms with van der Waals surface area (Å²) >= 11 is 6.09. The van der Waals surface area contributed by atoms with E-state index in [0.29, 0.717) is 24.6 Å². The van der Waals surface area contributed by atoms with Gasteiger partial charge in [0.1, 0.15) is 11.6 Å². The molecule has 1 aliphatic heterocycles. The summed E-state index contributed by atoms with van der Waals surface area (Å²) in [7, 11) is 0. The molecular formula is C10H12N4O2S2. The second-order valence-electron chi connectivity index (χ2n) is 3.94. The number of aromatic nitrogens is 2. The number of H-pyrrole nitrogens is 1. The van der Waals surface area contributed by atoms with E-state index < -0.39 is 0 Å². The minimum atomic E-state index is -0.0683. The first-order valence-electron chi connectivity index (χ1n) is 5.30. The number of hydrogen-bond donors (Lipinski definition) is 2. The molecule has 0 saturated carbocycles. The average molecular weight is 284 g/mol. The summed E-state index contributed by atoms with van der Waals surface area (Å²) in [5.74, 6) is 0.731. The number of carbonyl (C=O) groups is 2. The van der Waals surface area contributed by atoms with Crippen LogP contribution in [-0.2, 0) is 9.59 Å². The van der Waals surface area contributed by atoms with Gasteiger partial charge in [0.2, 0.25) is 5.91 Å². The lowest BCUT2D eigenvalue weighted by molar-refractivity contribution is -0.117. The Kier molecular flexibility index (Phi) is 3.67. The summed E-state index contributed by atoms with van der Waals surface area (Å²) in [4.78, 5) is 31.2. The number of thioether (sulfide) groups is 1. The molecule has 0 radical (unpaired) electrons. The van der Waals surface area contributed by atoms with Crippen LogP contribution in [0.3, 0.4) is 0 Å². The summed E-state index contributed by atoms with van der Waals surface area (Å²) in [6.45, 7) is 1.95. The van der Waals surface area contributed by atoms with E-state index in [2.05, 4.69) is 9.97 Å². The van der Waals surface area contributed by atoms with Crippen molar-refractivity contribution in [2.75, 3.05) is 17.2 Å². The summed E-state index contributed by atoms with van der Waals surface area (Å²) < 4.78 is 0.237. The van der Waals surface area contributed by atoms with Crippen molar-refractivity contribution in [1.29, 1.82) is 0 Å². The van der Waals surface area contributed by atoms with Gasteiger partial charge in [-0.15, -0.1) is 0 Å². The first-order chi connectivity index (χ1) is 8.45. The van der Waals surface area contributed by atoms with Gasteiger partial charge in [-0.3, -0.25) is 14.5 Å². The Morgan fingerprint density at radius 2 is 2.44 bits per heavy atom. The van der Waals surface area contributed by atoms with Crippen LogP contribution >= 0.6 is 24.0 Å². The van der Waals surface area contributed by atoms with Crippen molar-refractivity contribution >= 4 is 46.6 Å². The van der Waals surface area contributed by atoms with Gasteiger partial charge in [0.05, 0.1) is 0 Å². The van der Waals surface area contributed by atoms with Gasteiger partial charge in [0.15, 0.2) is 9.89 Å². The van der Waals surface area contributed by atoms with Crippen molar-refractivity contribution in [2.24, 2.45) is 0 Å². The van der Waals surface area contributed by atoms with Gasteiger partial charge in [0, 0.05) is 31.2 Å². The third-order valence-corrected chi connectivity index (χ3v) is 3.63. The molecule has 6 nitrogen and oxygen atoms in total. The molecule has 1 aromatic heterocycles. The van der Waals surface area contributed by atoms with Gasteiger partial charge in [0.25, 0.3) is 0 Å². The van der Waals surface area contributed by atoms with Crippen LogP contribution < -0.4 is 10.6 Å². The number of carbonyl (C=O) groups excluding carboxylic acids is 2. The highest BCUT2D eigenvalue weighted by atomic mass is 32.2. The lowest BCUT2D eigenvalue weighted by Crippen LogP contribution is -2.26. The Bertz CT molecular complexity index is 557. The molecule has 1 aromatic rings. The third kappa shape index (κ3) is 2.88. The zero-order chi connectivity index (χ0) is 13.3. The van der Waals surface area contributed by atoms with Crippen molar-refractivity contribution in [3.63, 3.8) is 0 Å². The van der Waals surface area contributed by atoms with E-state index in [1.54, 1.807) is 6.07 Å². The van der Waals surface area contributed by atoms with Crippen molar-refractivity contribution < 1.29 is 9.59 Å². The largest absolute Gasteiger partial charge is 0.385 e. The average Bonchev–Trinajstić information content (AvgIpc) is 2.56. The first kappa shape index (κ1) is 13.0. The molecule has 3 N–H and O–H groups in total. The normalized spacial score (nSPS) is 19.3. The van der Waals surface area contributed by atoms with Gasteiger partial charge in [-0.2, -0.15) is 0 Å². The lowest BCUT2D eigenvalue weighted by atomic mass is 10.4. The number of rotatable bonds is 2. The lowest BCUT2D eigenvalue weighted by Gasteiger charge is -2.15. The van der Waals surface area contributed by atoms with Gasteiger partial charge < -0.3 is 10.7 Å². The van der Waals surface area contributed by atoms with Crippen molar-refractivity contribution in [1.82, 2.24) is 9.97 Å². The summed E-state index contributed by atoms with van der Waals surface area (Å²) in [5.41, 5.74) is 5.63. The highest BCUT2D eigenvalue weighted by Crippen LogP contribution is 2.27. The number of hydrogen-bond acceptors (Lipinski definition) is 6. The van der Waals surface area contributed by atoms with E-state index in [1.165, 1.54) is 23.6 Å². The highest BCUT2D eigenvalue weighted by Gasteiger charge is 2.32. The Hall–Kier alpha value is -1.41. The van der Waals surface area contributed by atoms with Crippen LogP contribution in [-0.4, -0.2) is 32.8 Å². The van der Waals surface area contributed by atoms with Crippen LogP contribution in [0.25, 0.3) is 0 Å². The number of nitrogens with zero attached hydrogens (tertiary/aromatic N) is 2. The van der Waals surface area contributed by atoms with Crippen molar-refractivity contribution in [3.8, 4) is 0 Å². The summed E-state index contributed by atoms with van der Waals surface area (Å²) in [6, 6.07) is 1.56. The monoisotopic (exact) mass is 284 g/mol. The predicted octanol–water partition coefficient (Wildman–Crippen LogP) is 1.11. The summed E-state index contributed by atoms with van der Waals surface area (Å²) in [6.07, 6.45) is 0.331. The van der Waals surface area contributed by atoms with Gasteiger partial charge in [-0.05, 0) is 12.2 Å². The van der Waals surface area contributed by atoms with Crippen LogP contribution in [0.5, 0.6) is 0 Å². The predicted molar refractivity (Wildman–Crippen MR) is 72.9 cm³/mol.